The molecule has 0 spiro atoms. The second kappa shape index (κ2) is 14.9. The van der Waals surface area contributed by atoms with Crippen LogP contribution in [0.15, 0.2) is 65.7 Å². The molecule has 2 aromatic carbocycles. The van der Waals surface area contributed by atoms with Crippen LogP contribution in [0.1, 0.15) is 35.2 Å². The SMILES string of the molecule is C=C(C#N)C(=O)NCCCC[C@H](NC(=O)c1cc(Cl)ccc1Cl)C(=O)/N=C(\Cc1ccccc1)B(O)O. The summed E-state index contributed by atoms with van der Waals surface area (Å²) >= 11 is 12.1. The maximum Gasteiger partial charge on any atom is 0.504 e. The van der Waals surface area contributed by atoms with Crippen LogP contribution in [0.3, 0.4) is 0 Å². The summed E-state index contributed by atoms with van der Waals surface area (Å²) in [6, 6.07) is 13.7. The molecule has 1 atom stereocenters. The third kappa shape index (κ3) is 9.82. The molecule has 0 saturated carbocycles. The maximum atomic E-state index is 13.1. The van der Waals surface area contributed by atoms with E-state index < -0.39 is 30.9 Å². The van der Waals surface area contributed by atoms with Crippen molar-refractivity contribution in [2.45, 2.75) is 31.7 Å². The zero-order valence-electron chi connectivity index (χ0n) is 19.8. The number of nitriles is 1. The van der Waals surface area contributed by atoms with Crippen LogP contribution in [0.5, 0.6) is 0 Å². The van der Waals surface area contributed by atoms with Gasteiger partial charge in [-0.1, -0.05) is 60.1 Å². The number of benzene rings is 2. The lowest BCUT2D eigenvalue weighted by Crippen LogP contribution is -2.41. The van der Waals surface area contributed by atoms with Gasteiger partial charge in [-0.3, -0.25) is 14.4 Å². The van der Waals surface area contributed by atoms with Crippen LogP contribution in [0.25, 0.3) is 0 Å². The Morgan fingerprint density at radius 2 is 1.81 bits per heavy atom. The van der Waals surface area contributed by atoms with Gasteiger partial charge in [0, 0.05) is 18.0 Å². The predicted molar refractivity (Wildman–Crippen MR) is 142 cm³/mol. The van der Waals surface area contributed by atoms with E-state index in [2.05, 4.69) is 22.2 Å². The van der Waals surface area contributed by atoms with E-state index in [9.17, 15) is 24.4 Å². The fourth-order valence-electron chi connectivity index (χ4n) is 3.21. The summed E-state index contributed by atoms with van der Waals surface area (Å²) < 4.78 is 0. The van der Waals surface area contributed by atoms with Crippen LogP contribution in [0.4, 0.5) is 0 Å². The van der Waals surface area contributed by atoms with Crippen molar-refractivity contribution >= 4 is 53.7 Å². The molecule has 37 heavy (non-hydrogen) atoms. The quantitative estimate of drug-likeness (QED) is 0.106. The van der Waals surface area contributed by atoms with Crippen molar-refractivity contribution in [2.24, 2.45) is 4.99 Å². The van der Waals surface area contributed by atoms with Gasteiger partial charge < -0.3 is 20.7 Å². The predicted octanol–water partition coefficient (Wildman–Crippen LogP) is 2.68. The number of aliphatic imine (C=N–C) groups is 1. The first-order valence-corrected chi connectivity index (χ1v) is 12.0. The molecule has 0 saturated heterocycles. The van der Waals surface area contributed by atoms with Crippen LogP contribution in [0, 0.1) is 11.3 Å². The van der Waals surface area contributed by atoms with Crippen LogP contribution in [-0.2, 0) is 16.0 Å². The number of carbonyl (C=O) groups excluding carboxylic acids is 3. The Kier molecular flexibility index (Phi) is 12.0. The molecule has 3 amide bonds. The third-order valence-electron chi connectivity index (χ3n) is 5.17. The summed E-state index contributed by atoms with van der Waals surface area (Å²) in [6.07, 6.45) is 0.942. The number of hydrogen-bond donors (Lipinski definition) is 4. The summed E-state index contributed by atoms with van der Waals surface area (Å²) in [7, 11) is -1.98. The van der Waals surface area contributed by atoms with Crippen LogP contribution in [-0.4, -0.2) is 53.1 Å². The highest BCUT2D eigenvalue weighted by Gasteiger charge is 2.25. The fraction of sp³-hybridized carbons (Fsp3) is 0.240. The Morgan fingerprint density at radius 3 is 2.46 bits per heavy atom. The Balaban J connectivity index is 2.17. The first-order chi connectivity index (χ1) is 17.6. The van der Waals surface area contributed by atoms with Crippen molar-refractivity contribution in [3.63, 3.8) is 0 Å². The molecular weight excluding hydrogens is 518 g/mol. The topological polar surface area (TPSA) is 152 Å². The van der Waals surface area contributed by atoms with Crippen molar-refractivity contribution in [3.8, 4) is 6.07 Å². The van der Waals surface area contributed by atoms with Crippen LogP contribution >= 0.6 is 23.2 Å². The van der Waals surface area contributed by atoms with Crippen LogP contribution < -0.4 is 10.6 Å². The third-order valence-corrected chi connectivity index (χ3v) is 5.74. The van der Waals surface area contributed by atoms with Gasteiger partial charge >= 0.3 is 7.12 Å². The van der Waals surface area contributed by atoms with Gasteiger partial charge in [0.1, 0.15) is 17.7 Å². The molecule has 192 valence electrons. The smallest absolute Gasteiger partial charge is 0.422 e. The lowest BCUT2D eigenvalue weighted by molar-refractivity contribution is -0.120. The number of nitrogens with zero attached hydrogens (tertiary/aromatic N) is 2. The monoisotopic (exact) mass is 542 g/mol. The molecule has 2 rings (SSSR count). The Labute approximate surface area is 225 Å². The molecular formula is C25H25BCl2N4O5. The van der Waals surface area contributed by atoms with Gasteiger partial charge in [0.25, 0.3) is 17.7 Å². The summed E-state index contributed by atoms with van der Waals surface area (Å²) in [6.45, 7) is 3.54. The van der Waals surface area contributed by atoms with E-state index in [1.54, 1.807) is 36.4 Å². The molecule has 0 bridgehead atoms. The molecule has 0 aliphatic rings. The Bertz CT molecular complexity index is 1220. The fourth-order valence-corrected chi connectivity index (χ4v) is 3.59. The Hall–Kier alpha value is -3.49. The van der Waals surface area contributed by atoms with Gasteiger partial charge in [-0.05, 0) is 43.0 Å². The van der Waals surface area contributed by atoms with E-state index in [-0.39, 0.29) is 46.2 Å². The Morgan fingerprint density at radius 1 is 1.11 bits per heavy atom. The van der Waals surface area contributed by atoms with Crippen molar-refractivity contribution in [1.29, 1.82) is 5.26 Å². The highest BCUT2D eigenvalue weighted by molar-refractivity contribution is 6.80. The molecule has 2 aromatic rings. The van der Waals surface area contributed by atoms with Crippen molar-refractivity contribution in [2.75, 3.05) is 6.54 Å². The van der Waals surface area contributed by atoms with Gasteiger partial charge in [-0.2, -0.15) is 5.26 Å². The van der Waals surface area contributed by atoms with Gasteiger partial charge in [0.15, 0.2) is 0 Å². The van der Waals surface area contributed by atoms with E-state index in [1.165, 1.54) is 18.2 Å². The average molecular weight is 543 g/mol. The van der Waals surface area contributed by atoms with E-state index in [0.29, 0.717) is 18.4 Å². The molecule has 0 radical (unpaired) electrons. The van der Waals surface area contributed by atoms with E-state index in [4.69, 9.17) is 28.5 Å². The first kappa shape index (κ1) is 29.7. The largest absolute Gasteiger partial charge is 0.504 e. The normalized spacial score (nSPS) is 11.7. The zero-order chi connectivity index (χ0) is 27.4. The molecule has 0 aromatic heterocycles. The number of carbonyl (C=O) groups is 3. The second-order valence-electron chi connectivity index (χ2n) is 7.97. The maximum absolute atomic E-state index is 13.1. The number of hydrogen-bond acceptors (Lipinski definition) is 6. The number of halogens is 2. The standard InChI is InChI=1S/C25H25BCl2N4O5/c1-16(15-29)23(33)30-12-6-5-9-21(31-24(34)19-14-18(27)10-11-20(19)28)25(35)32-22(26(36)37)13-17-7-3-2-4-8-17/h2-4,7-8,10-11,14,21,36-37H,1,5-6,9,12-13H2,(H,30,33)(H,31,34)/b32-22+/t21-/m0/s1. The molecule has 0 aliphatic heterocycles. The number of amides is 3. The minimum atomic E-state index is -1.98. The van der Waals surface area contributed by atoms with Gasteiger partial charge in [0.05, 0.1) is 16.2 Å². The van der Waals surface area contributed by atoms with E-state index in [0.717, 1.165) is 0 Å². The van der Waals surface area contributed by atoms with Gasteiger partial charge in [-0.25, -0.2) is 4.99 Å². The number of unbranched alkanes of at least 4 members (excludes halogenated alkanes) is 1. The summed E-state index contributed by atoms with van der Waals surface area (Å²) in [4.78, 5) is 41.5. The van der Waals surface area contributed by atoms with Gasteiger partial charge in [0.2, 0.25) is 0 Å². The minimum Gasteiger partial charge on any atom is -0.422 e. The van der Waals surface area contributed by atoms with E-state index in [1.807, 2.05) is 0 Å². The summed E-state index contributed by atoms with van der Waals surface area (Å²) in [5.74, 6) is -2.03. The molecule has 0 heterocycles. The first-order valence-electron chi connectivity index (χ1n) is 11.3. The average Bonchev–Trinajstić information content (AvgIpc) is 2.88. The lowest BCUT2D eigenvalue weighted by atomic mass is 9.79. The lowest BCUT2D eigenvalue weighted by Gasteiger charge is -2.17. The number of nitrogens with one attached hydrogen (secondary N) is 2. The molecule has 0 aliphatic carbocycles. The zero-order valence-corrected chi connectivity index (χ0v) is 21.3. The molecule has 12 heteroatoms. The van der Waals surface area contributed by atoms with Gasteiger partial charge in [-0.15, -0.1) is 0 Å². The summed E-state index contributed by atoms with van der Waals surface area (Å²) in [5.41, 5.74) is 0.369. The van der Waals surface area contributed by atoms with Crippen LogP contribution in [0.2, 0.25) is 10.0 Å². The van der Waals surface area contributed by atoms with Crippen molar-refractivity contribution < 1.29 is 24.4 Å². The summed E-state index contributed by atoms with van der Waals surface area (Å²) in [5, 5.41) is 33.8. The van der Waals surface area contributed by atoms with E-state index >= 15 is 0 Å². The van der Waals surface area contributed by atoms with Crippen molar-refractivity contribution in [3.05, 3.63) is 81.9 Å². The minimum absolute atomic E-state index is 0.0137. The molecule has 0 unspecified atom stereocenters. The molecule has 0 fully saturated rings. The van der Waals surface area contributed by atoms with Crippen molar-refractivity contribution in [1.82, 2.24) is 10.6 Å². The highest BCUT2D eigenvalue weighted by Crippen LogP contribution is 2.21. The number of rotatable bonds is 12. The molecule has 9 nitrogen and oxygen atoms in total. The highest BCUT2D eigenvalue weighted by atomic mass is 35.5. The second-order valence-corrected chi connectivity index (χ2v) is 8.81. The molecule has 4 N–H and O–H groups in total.